The van der Waals surface area contributed by atoms with E-state index in [1.165, 1.54) is 0 Å². The highest BCUT2D eigenvalue weighted by Crippen LogP contribution is 2.14. The van der Waals surface area contributed by atoms with Gasteiger partial charge in [0, 0.05) is 11.8 Å². The Labute approximate surface area is 72.0 Å². The van der Waals surface area contributed by atoms with Gasteiger partial charge in [0.05, 0.1) is 12.2 Å². The van der Waals surface area contributed by atoms with Crippen LogP contribution in [0.1, 0.15) is 0 Å². The minimum atomic E-state index is 0.658. The summed E-state index contributed by atoms with van der Waals surface area (Å²) < 4.78 is 1.62. The molecule has 0 unspecified atom stereocenters. The van der Waals surface area contributed by atoms with Gasteiger partial charge in [-0.05, 0) is 12.1 Å². The first-order valence-corrected chi connectivity index (χ1v) is 3.77. The molecule has 2 heteroatoms. The van der Waals surface area contributed by atoms with Crippen molar-refractivity contribution in [2.45, 2.75) is 0 Å². The number of halogens is 1. The van der Waals surface area contributed by atoms with Crippen molar-refractivity contribution in [1.29, 1.82) is 0 Å². The molecule has 0 aliphatic rings. The molecule has 0 saturated carbocycles. The molecule has 0 spiro atoms. The highest BCUT2D eigenvalue weighted by molar-refractivity contribution is 6.25. The van der Waals surface area contributed by atoms with Crippen molar-refractivity contribution in [2.24, 2.45) is 0 Å². The Morgan fingerprint density at radius 3 is 2.55 bits per heavy atom. The molecule has 0 aliphatic heterocycles. The van der Waals surface area contributed by atoms with Crippen LogP contribution in [0, 0.1) is 0 Å². The molecule has 0 aliphatic carbocycles. The molecule has 0 fully saturated rings. The van der Waals surface area contributed by atoms with Crippen LogP contribution in [-0.2, 0) is 0 Å². The zero-order valence-electron chi connectivity index (χ0n) is 6.20. The van der Waals surface area contributed by atoms with Gasteiger partial charge in [-0.1, -0.05) is 24.3 Å². The van der Waals surface area contributed by atoms with Crippen molar-refractivity contribution < 1.29 is 0 Å². The number of hydrogen-bond acceptors (Lipinski definition) is 1. The molecule has 0 saturated heterocycles. The van der Waals surface area contributed by atoms with E-state index in [4.69, 9.17) is 11.8 Å². The fourth-order valence-corrected chi connectivity index (χ4v) is 1.02. The largest absolute Gasteiger partial charge is 0.282 e. The Kier molecular flexibility index (Phi) is 2.99. The average molecular weight is 168 g/mol. The predicted molar refractivity (Wildman–Crippen MR) is 49.8 cm³/mol. The minimum Gasteiger partial charge on any atom is -0.282 e. The van der Waals surface area contributed by atoms with Crippen LogP contribution in [-0.4, -0.2) is 6.54 Å². The lowest BCUT2D eigenvalue weighted by molar-refractivity contribution is 1.20. The minimum absolute atomic E-state index is 0.658. The number of rotatable bonds is 3. The molecule has 1 aromatic rings. The quantitative estimate of drug-likeness (QED) is 0.494. The van der Waals surface area contributed by atoms with E-state index in [1.807, 2.05) is 30.3 Å². The van der Waals surface area contributed by atoms with E-state index < -0.39 is 0 Å². The fourth-order valence-electron chi connectivity index (χ4n) is 0.809. The van der Waals surface area contributed by atoms with Crippen LogP contribution >= 0.6 is 11.8 Å². The SMILES string of the molecule is C=CCN(Cl)c1ccccc1. The van der Waals surface area contributed by atoms with E-state index in [2.05, 4.69) is 6.58 Å². The summed E-state index contributed by atoms with van der Waals surface area (Å²) in [6, 6.07) is 9.77. The van der Waals surface area contributed by atoms with Crippen molar-refractivity contribution in [3.05, 3.63) is 43.0 Å². The van der Waals surface area contributed by atoms with E-state index in [1.54, 1.807) is 10.5 Å². The molecular weight excluding hydrogens is 158 g/mol. The Bertz CT molecular complexity index is 220. The van der Waals surface area contributed by atoms with Crippen molar-refractivity contribution in [1.82, 2.24) is 0 Å². The van der Waals surface area contributed by atoms with Crippen molar-refractivity contribution >= 4 is 17.5 Å². The van der Waals surface area contributed by atoms with E-state index in [0.29, 0.717) is 6.54 Å². The maximum atomic E-state index is 5.87. The molecule has 1 nitrogen and oxygen atoms in total. The number of hydrogen-bond donors (Lipinski definition) is 0. The highest BCUT2D eigenvalue weighted by atomic mass is 35.5. The summed E-state index contributed by atoms with van der Waals surface area (Å²) in [5.74, 6) is 0. The first kappa shape index (κ1) is 8.15. The molecule has 58 valence electrons. The van der Waals surface area contributed by atoms with Crippen LogP contribution in [0.4, 0.5) is 5.69 Å². The van der Waals surface area contributed by atoms with E-state index in [0.717, 1.165) is 5.69 Å². The lowest BCUT2D eigenvalue weighted by Gasteiger charge is -2.12. The second-order valence-electron chi connectivity index (χ2n) is 2.17. The van der Waals surface area contributed by atoms with E-state index >= 15 is 0 Å². The number of anilines is 1. The Morgan fingerprint density at radius 2 is 2.00 bits per heavy atom. The Hall–Kier alpha value is -0.950. The maximum Gasteiger partial charge on any atom is 0.0527 e. The summed E-state index contributed by atoms with van der Waals surface area (Å²) >= 11 is 5.87. The van der Waals surface area contributed by atoms with Gasteiger partial charge < -0.3 is 0 Å². The highest BCUT2D eigenvalue weighted by Gasteiger charge is 1.96. The first-order chi connectivity index (χ1) is 5.34. The molecule has 0 radical (unpaired) electrons. The standard InChI is InChI=1S/C9H10ClN/c1-2-8-11(10)9-6-4-3-5-7-9/h2-7H,1,8H2. The molecule has 1 aromatic carbocycles. The molecule has 1 rings (SSSR count). The Balaban J connectivity index is 2.68. The lowest BCUT2D eigenvalue weighted by Crippen LogP contribution is -2.08. The third-order valence-corrected chi connectivity index (χ3v) is 1.66. The number of benzene rings is 1. The molecule has 0 heterocycles. The summed E-state index contributed by atoms with van der Waals surface area (Å²) in [4.78, 5) is 0. The van der Waals surface area contributed by atoms with Gasteiger partial charge in [0.15, 0.2) is 0 Å². The zero-order valence-corrected chi connectivity index (χ0v) is 6.96. The van der Waals surface area contributed by atoms with Gasteiger partial charge in [-0.15, -0.1) is 6.58 Å². The van der Waals surface area contributed by atoms with Gasteiger partial charge >= 0.3 is 0 Å². The molecule has 0 aromatic heterocycles. The smallest absolute Gasteiger partial charge is 0.0527 e. The second-order valence-corrected chi connectivity index (χ2v) is 2.58. The summed E-state index contributed by atoms with van der Waals surface area (Å²) in [7, 11) is 0. The lowest BCUT2D eigenvalue weighted by atomic mass is 10.3. The van der Waals surface area contributed by atoms with Crippen LogP contribution in [0.5, 0.6) is 0 Å². The molecular formula is C9H10ClN. The van der Waals surface area contributed by atoms with Crippen LogP contribution in [0.15, 0.2) is 43.0 Å². The van der Waals surface area contributed by atoms with Crippen molar-refractivity contribution in [3.8, 4) is 0 Å². The van der Waals surface area contributed by atoms with Gasteiger partial charge in [-0.2, -0.15) is 0 Å². The van der Waals surface area contributed by atoms with Crippen LogP contribution < -0.4 is 4.42 Å². The van der Waals surface area contributed by atoms with Gasteiger partial charge in [0.1, 0.15) is 0 Å². The van der Waals surface area contributed by atoms with E-state index in [-0.39, 0.29) is 0 Å². The third-order valence-electron chi connectivity index (χ3n) is 1.33. The zero-order chi connectivity index (χ0) is 8.10. The summed E-state index contributed by atoms with van der Waals surface area (Å²) in [5.41, 5.74) is 0.995. The topological polar surface area (TPSA) is 3.24 Å². The summed E-state index contributed by atoms with van der Waals surface area (Å²) in [6.45, 7) is 4.26. The van der Waals surface area contributed by atoms with E-state index in [9.17, 15) is 0 Å². The molecule has 0 N–H and O–H groups in total. The molecule has 11 heavy (non-hydrogen) atoms. The first-order valence-electron chi connectivity index (χ1n) is 3.44. The third kappa shape index (κ3) is 2.28. The Morgan fingerprint density at radius 1 is 1.36 bits per heavy atom. The van der Waals surface area contributed by atoms with Crippen LogP contribution in [0.3, 0.4) is 0 Å². The number of nitrogens with zero attached hydrogens (tertiary/aromatic N) is 1. The average Bonchev–Trinajstić information content (AvgIpc) is 2.07. The van der Waals surface area contributed by atoms with Gasteiger partial charge in [0.25, 0.3) is 0 Å². The summed E-state index contributed by atoms with van der Waals surface area (Å²) in [6.07, 6.45) is 1.76. The van der Waals surface area contributed by atoms with Crippen molar-refractivity contribution in [2.75, 3.05) is 11.0 Å². The monoisotopic (exact) mass is 167 g/mol. The molecule has 0 bridgehead atoms. The van der Waals surface area contributed by atoms with Gasteiger partial charge in [-0.25, -0.2) is 0 Å². The molecule has 0 amide bonds. The van der Waals surface area contributed by atoms with Gasteiger partial charge in [0.2, 0.25) is 0 Å². The van der Waals surface area contributed by atoms with Crippen LogP contribution in [0.25, 0.3) is 0 Å². The van der Waals surface area contributed by atoms with Crippen molar-refractivity contribution in [3.63, 3.8) is 0 Å². The second kappa shape index (κ2) is 4.04. The van der Waals surface area contributed by atoms with Gasteiger partial charge in [-0.3, -0.25) is 4.42 Å². The summed E-state index contributed by atoms with van der Waals surface area (Å²) in [5, 5.41) is 0. The predicted octanol–water partition coefficient (Wildman–Crippen LogP) is 2.83. The normalized spacial score (nSPS) is 9.18. The molecule has 0 atom stereocenters. The maximum absolute atomic E-state index is 5.87. The number of para-hydroxylation sites is 1. The fraction of sp³-hybridized carbons (Fsp3) is 0.111. The van der Waals surface area contributed by atoms with Crippen LogP contribution in [0.2, 0.25) is 0 Å².